The fourth-order valence-electron chi connectivity index (χ4n) is 0.952. The SMILES string of the molecule is C/C=C/C(=O)NCC(C)(C)OCC. The maximum absolute atomic E-state index is 11.0. The van der Waals surface area contributed by atoms with E-state index in [2.05, 4.69) is 5.32 Å². The number of rotatable bonds is 5. The van der Waals surface area contributed by atoms with Crippen molar-refractivity contribution in [2.45, 2.75) is 33.3 Å². The predicted octanol–water partition coefficient (Wildman–Crippen LogP) is 1.49. The molecule has 0 aliphatic rings. The lowest BCUT2D eigenvalue weighted by Gasteiger charge is -2.24. The molecule has 13 heavy (non-hydrogen) atoms. The Morgan fingerprint density at radius 3 is 2.62 bits per heavy atom. The van der Waals surface area contributed by atoms with Crippen LogP contribution in [0.4, 0.5) is 0 Å². The monoisotopic (exact) mass is 185 g/mol. The Balaban J connectivity index is 3.80. The lowest BCUT2D eigenvalue weighted by molar-refractivity contribution is -0.118. The molecule has 0 fully saturated rings. The van der Waals surface area contributed by atoms with E-state index in [1.165, 1.54) is 6.08 Å². The lowest BCUT2D eigenvalue weighted by Crippen LogP contribution is -2.39. The summed E-state index contributed by atoms with van der Waals surface area (Å²) < 4.78 is 5.42. The van der Waals surface area contributed by atoms with E-state index >= 15 is 0 Å². The molecule has 3 nitrogen and oxygen atoms in total. The van der Waals surface area contributed by atoms with Crippen LogP contribution in [0.3, 0.4) is 0 Å². The van der Waals surface area contributed by atoms with Crippen LogP contribution in [0.25, 0.3) is 0 Å². The molecular formula is C10H19NO2. The molecule has 0 aliphatic heterocycles. The zero-order chi connectivity index (χ0) is 10.3. The largest absolute Gasteiger partial charge is 0.374 e. The summed E-state index contributed by atoms with van der Waals surface area (Å²) >= 11 is 0. The van der Waals surface area contributed by atoms with Crippen LogP contribution >= 0.6 is 0 Å². The molecule has 0 aromatic carbocycles. The van der Waals surface area contributed by atoms with E-state index in [0.717, 1.165) is 0 Å². The molecule has 0 unspecified atom stereocenters. The van der Waals surface area contributed by atoms with Gasteiger partial charge in [0.2, 0.25) is 5.91 Å². The molecule has 1 N–H and O–H groups in total. The molecule has 76 valence electrons. The molecule has 0 rings (SSSR count). The van der Waals surface area contributed by atoms with Gasteiger partial charge in [-0.3, -0.25) is 4.79 Å². The lowest BCUT2D eigenvalue weighted by atomic mass is 10.1. The van der Waals surface area contributed by atoms with Gasteiger partial charge >= 0.3 is 0 Å². The molecule has 0 aliphatic carbocycles. The fourth-order valence-corrected chi connectivity index (χ4v) is 0.952. The highest BCUT2D eigenvalue weighted by Gasteiger charge is 2.17. The molecule has 0 spiro atoms. The molecule has 0 aromatic rings. The van der Waals surface area contributed by atoms with Gasteiger partial charge in [0.25, 0.3) is 0 Å². The summed E-state index contributed by atoms with van der Waals surface area (Å²) in [7, 11) is 0. The summed E-state index contributed by atoms with van der Waals surface area (Å²) in [5.41, 5.74) is -0.286. The normalized spacial score (nSPS) is 12.0. The summed E-state index contributed by atoms with van der Waals surface area (Å²) in [5.74, 6) is -0.0738. The molecule has 0 saturated carbocycles. The maximum Gasteiger partial charge on any atom is 0.243 e. The first-order valence-corrected chi connectivity index (χ1v) is 4.56. The Morgan fingerprint density at radius 1 is 1.54 bits per heavy atom. The quantitative estimate of drug-likeness (QED) is 0.659. The van der Waals surface area contributed by atoms with E-state index in [9.17, 15) is 4.79 Å². The van der Waals surface area contributed by atoms with Gasteiger partial charge in [-0.15, -0.1) is 0 Å². The van der Waals surface area contributed by atoms with Gasteiger partial charge in [0, 0.05) is 13.2 Å². The van der Waals surface area contributed by atoms with Crippen LogP contribution in [-0.2, 0) is 9.53 Å². The molecule has 0 aromatic heterocycles. The molecule has 0 radical (unpaired) electrons. The first-order valence-electron chi connectivity index (χ1n) is 4.56. The van der Waals surface area contributed by atoms with Gasteiger partial charge in [-0.05, 0) is 33.8 Å². The van der Waals surface area contributed by atoms with Crippen LogP contribution in [0, 0.1) is 0 Å². The summed E-state index contributed by atoms with van der Waals surface area (Å²) in [6.45, 7) is 8.85. The molecule has 0 atom stereocenters. The highest BCUT2D eigenvalue weighted by molar-refractivity contribution is 5.87. The standard InChI is InChI=1S/C10H19NO2/c1-5-7-9(12)11-8-10(3,4)13-6-2/h5,7H,6,8H2,1-4H3,(H,11,12)/b7-5+. The molecule has 0 bridgehead atoms. The van der Waals surface area contributed by atoms with Crippen LogP contribution < -0.4 is 5.32 Å². The number of nitrogens with one attached hydrogen (secondary N) is 1. The first kappa shape index (κ1) is 12.2. The Bertz CT molecular complexity index is 185. The second-order valence-electron chi connectivity index (χ2n) is 3.41. The average Bonchev–Trinajstić information content (AvgIpc) is 2.02. The summed E-state index contributed by atoms with van der Waals surface area (Å²) in [6, 6.07) is 0. The van der Waals surface area contributed by atoms with Crippen LogP contribution in [0.15, 0.2) is 12.2 Å². The number of allylic oxidation sites excluding steroid dienone is 1. The van der Waals surface area contributed by atoms with Gasteiger partial charge in [-0.1, -0.05) is 6.08 Å². The van der Waals surface area contributed by atoms with Crippen molar-refractivity contribution in [2.24, 2.45) is 0 Å². The molecule has 3 heteroatoms. The van der Waals surface area contributed by atoms with Crippen LogP contribution in [0.5, 0.6) is 0 Å². The van der Waals surface area contributed by atoms with Crippen molar-refractivity contribution in [3.05, 3.63) is 12.2 Å². The fraction of sp³-hybridized carbons (Fsp3) is 0.700. The topological polar surface area (TPSA) is 38.3 Å². The van der Waals surface area contributed by atoms with Crippen LogP contribution in [-0.4, -0.2) is 24.7 Å². The number of hydrogen-bond donors (Lipinski definition) is 1. The van der Waals surface area contributed by atoms with E-state index < -0.39 is 0 Å². The minimum Gasteiger partial charge on any atom is -0.374 e. The zero-order valence-electron chi connectivity index (χ0n) is 8.89. The van der Waals surface area contributed by atoms with Crippen molar-refractivity contribution >= 4 is 5.91 Å². The summed E-state index contributed by atoms with van der Waals surface area (Å²) in [6.07, 6.45) is 3.21. The van der Waals surface area contributed by atoms with Crippen LogP contribution in [0.1, 0.15) is 27.7 Å². The number of carbonyl (C=O) groups excluding carboxylic acids is 1. The first-order chi connectivity index (χ1) is 6.02. The van der Waals surface area contributed by atoms with E-state index in [4.69, 9.17) is 4.74 Å². The molecule has 0 saturated heterocycles. The summed E-state index contributed by atoms with van der Waals surface area (Å²) in [5, 5.41) is 2.76. The zero-order valence-corrected chi connectivity index (χ0v) is 8.89. The number of carbonyl (C=O) groups is 1. The van der Waals surface area contributed by atoms with Crippen molar-refractivity contribution in [1.82, 2.24) is 5.32 Å². The maximum atomic E-state index is 11.0. The third-order valence-electron chi connectivity index (χ3n) is 1.54. The van der Waals surface area contributed by atoms with Crippen molar-refractivity contribution in [1.29, 1.82) is 0 Å². The van der Waals surface area contributed by atoms with Gasteiger partial charge in [0.05, 0.1) is 5.60 Å². The number of hydrogen-bond acceptors (Lipinski definition) is 2. The predicted molar refractivity (Wildman–Crippen MR) is 53.5 cm³/mol. The van der Waals surface area contributed by atoms with Gasteiger partial charge < -0.3 is 10.1 Å². The molecule has 0 heterocycles. The van der Waals surface area contributed by atoms with E-state index in [1.54, 1.807) is 6.08 Å². The van der Waals surface area contributed by atoms with E-state index in [1.807, 2.05) is 27.7 Å². The number of amides is 1. The molecule has 1 amide bonds. The minimum atomic E-state index is -0.286. The van der Waals surface area contributed by atoms with Gasteiger partial charge in [-0.2, -0.15) is 0 Å². The Morgan fingerprint density at radius 2 is 2.15 bits per heavy atom. The van der Waals surface area contributed by atoms with E-state index in [0.29, 0.717) is 13.2 Å². The Labute approximate surface area is 80.2 Å². The smallest absolute Gasteiger partial charge is 0.243 e. The van der Waals surface area contributed by atoms with E-state index in [-0.39, 0.29) is 11.5 Å². The highest BCUT2D eigenvalue weighted by atomic mass is 16.5. The van der Waals surface area contributed by atoms with Crippen LogP contribution in [0.2, 0.25) is 0 Å². The van der Waals surface area contributed by atoms with Crippen molar-refractivity contribution < 1.29 is 9.53 Å². The third kappa shape index (κ3) is 6.34. The highest BCUT2D eigenvalue weighted by Crippen LogP contribution is 2.06. The summed E-state index contributed by atoms with van der Waals surface area (Å²) in [4.78, 5) is 11.0. The van der Waals surface area contributed by atoms with Crippen molar-refractivity contribution in [3.63, 3.8) is 0 Å². The van der Waals surface area contributed by atoms with Gasteiger partial charge in [0.15, 0.2) is 0 Å². The van der Waals surface area contributed by atoms with Crippen molar-refractivity contribution in [2.75, 3.05) is 13.2 Å². The Kier molecular flexibility index (Phi) is 5.39. The minimum absolute atomic E-state index is 0.0738. The third-order valence-corrected chi connectivity index (χ3v) is 1.54. The molecular weight excluding hydrogens is 166 g/mol. The van der Waals surface area contributed by atoms with Gasteiger partial charge in [-0.25, -0.2) is 0 Å². The van der Waals surface area contributed by atoms with Crippen molar-refractivity contribution in [3.8, 4) is 0 Å². The van der Waals surface area contributed by atoms with Gasteiger partial charge in [0.1, 0.15) is 0 Å². The average molecular weight is 185 g/mol. The number of ether oxygens (including phenoxy) is 1. The Hall–Kier alpha value is -0.830. The second kappa shape index (κ2) is 5.75. The second-order valence-corrected chi connectivity index (χ2v) is 3.41.